The molecule has 0 aliphatic heterocycles. The van der Waals surface area contributed by atoms with Crippen molar-refractivity contribution in [2.45, 2.75) is 20.4 Å². The number of ether oxygens (including phenoxy) is 1. The summed E-state index contributed by atoms with van der Waals surface area (Å²) >= 11 is 8.57. The van der Waals surface area contributed by atoms with Crippen LogP contribution in [-0.2, 0) is 16.1 Å². The van der Waals surface area contributed by atoms with Crippen LogP contribution in [0.5, 0.6) is 0 Å². The molecule has 96 valence electrons. The molecule has 17 heavy (non-hydrogen) atoms. The molecule has 0 saturated heterocycles. The molecule has 0 aliphatic carbocycles. The molecule has 1 aromatic heterocycles. The van der Waals surface area contributed by atoms with E-state index < -0.39 is 5.41 Å². The average molecular weight is 385 g/mol. The van der Waals surface area contributed by atoms with Gasteiger partial charge in [-0.25, -0.2) is 0 Å². The van der Waals surface area contributed by atoms with Gasteiger partial charge in [0.1, 0.15) is 0 Å². The highest BCUT2D eigenvalue weighted by atomic mass is 79.9. The van der Waals surface area contributed by atoms with Crippen molar-refractivity contribution in [1.29, 1.82) is 0 Å². The van der Waals surface area contributed by atoms with Crippen molar-refractivity contribution in [3.63, 3.8) is 0 Å². The fourth-order valence-electron chi connectivity index (χ4n) is 1.33. The first-order valence-corrected chi connectivity index (χ1v) is 7.50. The Morgan fingerprint density at radius 2 is 2.18 bits per heavy atom. The van der Waals surface area contributed by atoms with E-state index in [1.54, 1.807) is 11.3 Å². The van der Waals surface area contributed by atoms with E-state index in [0.717, 1.165) is 14.8 Å². The normalized spacial score (nSPS) is 11.6. The molecule has 0 aliphatic rings. The standard InChI is InChI=1S/C11H15Br2NO2S/c1-11(2,10(15)16-3)6-14-5-7-4-8(12)9(13)17-7/h4,14H,5-6H2,1-3H3. The smallest absolute Gasteiger partial charge is 0.312 e. The molecule has 1 N–H and O–H groups in total. The van der Waals surface area contributed by atoms with Gasteiger partial charge >= 0.3 is 5.97 Å². The quantitative estimate of drug-likeness (QED) is 0.788. The van der Waals surface area contributed by atoms with Crippen LogP contribution in [-0.4, -0.2) is 19.6 Å². The topological polar surface area (TPSA) is 38.3 Å². The van der Waals surface area contributed by atoms with E-state index >= 15 is 0 Å². The van der Waals surface area contributed by atoms with Gasteiger partial charge in [-0.1, -0.05) is 0 Å². The molecule has 0 radical (unpaired) electrons. The number of halogens is 2. The molecule has 0 bridgehead atoms. The molecular weight excluding hydrogens is 370 g/mol. The zero-order valence-corrected chi connectivity index (χ0v) is 14.0. The van der Waals surface area contributed by atoms with Gasteiger partial charge < -0.3 is 10.1 Å². The zero-order chi connectivity index (χ0) is 13.1. The van der Waals surface area contributed by atoms with Crippen LogP contribution in [0.1, 0.15) is 18.7 Å². The highest BCUT2D eigenvalue weighted by Crippen LogP contribution is 2.32. The molecule has 1 aromatic rings. The van der Waals surface area contributed by atoms with Crippen molar-refractivity contribution in [3.8, 4) is 0 Å². The molecule has 1 rings (SSSR count). The molecule has 0 saturated carbocycles. The zero-order valence-electron chi connectivity index (χ0n) is 9.97. The lowest BCUT2D eigenvalue weighted by molar-refractivity contribution is -0.150. The lowest BCUT2D eigenvalue weighted by Crippen LogP contribution is -2.36. The average Bonchev–Trinajstić information content (AvgIpc) is 2.57. The second kappa shape index (κ2) is 6.31. The summed E-state index contributed by atoms with van der Waals surface area (Å²) < 4.78 is 6.90. The summed E-state index contributed by atoms with van der Waals surface area (Å²) in [6, 6.07) is 2.06. The second-order valence-electron chi connectivity index (χ2n) is 4.31. The lowest BCUT2D eigenvalue weighted by Gasteiger charge is -2.21. The van der Waals surface area contributed by atoms with Crippen LogP contribution in [0.25, 0.3) is 0 Å². The largest absolute Gasteiger partial charge is 0.469 e. The molecule has 0 aromatic carbocycles. The fourth-order valence-corrected chi connectivity index (χ4v) is 3.47. The van der Waals surface area contributed by atoms with E-state index in [0.29, 0.717) is 6.54 Å². The van der Waals surface area contributed by atoms with Gasteiger partial charge in [0.25, 0.3) is 0 Å². The summed E-state index contributed by atoms with van der Waals surface area (Å²) in [5.74, 6) is -0.196. The van der Waals surface area contributed by atoms with Crippen molar-refractivity contribution in [2.24, 2.45) is 5.41 Å². The molecule has 0 fully saturated rings. The molecule has 0 atom stereocenters. The molecule has 1 heterocycles. The van der Waals surface area contributed by atoms with E-state index in [-0.39, 0.29) is 5.97 Å². The summed E-state index contributed by atoms with van der Waals surface area (Å²) in [5, 5.41) is 3.27. The van der Waals surface area contributed by atoms with Crippen LogP contribution in [0.2, 0.25) is 0 Å². The maximum atomic E-state index is 11.5. The number of thiophene rings is 1. The number of nitrogens with one attached hydrogen (secondary N) is 1. The molecule has 3 nitrogen and oxygen atoms in total. The summed E-state index contributed by atoms with van der Waals surface area (Å²) in [6.45, 7) is 5.07. The third-order valence-electron chi connectivity index (χ3n) is 2.30. The number of hydrogen-bond acceptors (Lipinski definition) is 4. The number of methoxy groups -OCH3 is 1. The minimum absolute atomic E-state index is 0.196. The summed E-state index contributed by atoms with van der Waals surface area (Å²) in [6.07, 6.45) is 0. The van der Waals surface area contributed by atoms with Crippen molar-refractivity contribution in [1.82, 2.24) is 5.32 Å². The monoisotopic (exact) mass is 383 g/mol. The minimum atomic E-state index is -0.500. The van der Waals surface area contributed by atoms with Gasteiger partial charge in [0.05, 0.1) is 16.3 Å². The molecular formula is C11H15Br2NO2S. The van der Waals surface area contributed by atoms with Gasteiger partial charge in [0.2, 0.25) is 0 Å². The van der Waals surface area contributed by atoms with Crippen LogP contribution in [0, 0.1) is 5.41 Å². The Kier molecular flexibility index (Phi) is 5.63. The minimum Gasteiger partial charge on any atom is -0.469 e. The molecule has 0 amide bonds. The second-order valence-corrected chi connectivity index (χ2v) is 7.62. The van der Waals surface area contributed by atoms with Crippen molar-refractivity contribution in [3.05, 3.63) is 19.2 Å². The first kappa shape index (κ1) is 15.1. The Labute approximate surface area is 122 Å². The van der Waals surface area contributed by atoms with Crippen molar-refractivity contribution < 1.29 is 9.53 Å². The molecule has 0 spiro atoms. The Bertz CT molecular complexity index is 385. The predicted molar refractivity (Wildman–Crippen MR) is 77.2 cm³/mol. The van der Waals surface area contributed by atoms with E-state index in [1.165, 1.54) is 12.0 Å². The SMILES string of the molecule is COC(=O)C(C)(C)CNCc1cc(Br)c(Br)s1. The summed E-state index contributed by atoms with van der Waals surface area (Å²) in [4.78, 5) is 12.7. The van der Waals surface area contributed by atoms with Gasteiger partial charge in [-0.3, -0.25) is 4.79 Å². The van der Waals surface area contributed by atoms with Gasteiger partial charge in [-0.15, -0.1) is 11.3 Å². The summed E-state index contributed by atoms with van der Waals surface area (Å²) in [5.41, 5.74) is -0.500. The number of esters is 1. The first-order chi connectivity index (χ1) is 7.86. The number of carbonyl (C=O) groups is 1. The predicted octanol–water partition coefficient (Wildman–Crippen LogP) is 3.56. The lowest BCUT2D eigenvalue weighted by atomic mass is 9.94. The van der Waals surface area contributed by atoms with Crippen molar-refractivity contribution >= 4 is 49.2 Å². The van der Waals surface area contributed by atoms with Crippen LogP contribution in [0.15, 0.2) is 14.3 Å². The van der Waals surface area contributed by atoms with Gasteiger partial charge in [-0.2, -0.15) is 0 Å². The third-order valence-corrected chi connectivity index (χ3v) is 5.56. The third kappa shape index (κ3) is 4.35. The van der Waals surface area contributed by atoms with Crippen LogP contribution in [0.4, 0.5) is 0 Å². The highest BCUT2D eigenvalue weighted by molar-refractivity contribution is 9.13. The molecule has 6 heteroatoms. The fraction of sp³-hybridized carbons (Fsp3) is 0.545. The Balaban J connectivity index is 2.45. The van der Waals surface area contributed by atoms with E-state index in [9.17, 15) is 4.79 Å². The van der Waals surface area contributed by atoms with Crippen molar-refractivity contribution in [2.75, 3.05) is 13.7 Å². The Morgan fingerprint density at radius 3 is 2.65 bits per heavy atom. The Hall–Kier alpha value is 0.0900. The number of rotatable bonds is 5. The van der Waals surface area contributed by atoms with Gasteiger partial charge in [-0.05, 0) is 51.8 Å². The maximum Gasteiger partial charge on any atom is 0.312 e. The highest BCUT2D eigenvalue weighted by Gasteiger charge is 2.28. The maximum absolute atomic E-state index is 11.5. The number of hydrogen-bond donors (Lipinski definition) is 1. The van der Waals surface area contributed by atoms with E-state index in [4.69, 9.17) is 4.74 Å². The van der Waals surface area contributed by atoms with Crippen LogP contribution < -0.4 is 5.32 Å². The van der Waals surface area contributed by atoms with E-state index in [1.807, 2.05) is 13.8 Å². The molecule has 0 unspecified atom stereocenters. The summed E-state index contributed by atoms with van der Waals surface area (Å²) in [7, 11) is 1.41. The first-order valence-electron chi connectivity index (χ1n) is 5.09. The van der Waals surface area contributed by atoms with Crippen LogP contribution in [0.3, 0.4) is 0 Å². The number of carbonyl (C=O) groups excluding carboxylic acids is 1. The van der Waals surface area contributed by atoms with Crippen LogP contribution >= 0.6 is 43.2 Å². The van der Waals surface area contributed by atoms with E-state index in [2.05, 4.69) is 43.2 Å². The Morgan fingerprint density at radius 1 is 1.53 bits per heavy atom. The van der Waals surface area contributed by atoms with Gasteiger partial charge in [0.15, 0.2) is 0 Å². The van der Waals surface area contributed by atoms with Gasteiger partial charge in [0, 0.05) is 22.4 Å².